The Morgan fingerprint density at radius 2 is 1.13 bits per heavy atom. The molecule has 0 spiro atoms. The number of hydrogen-bond acceptors (Lipinski definition) is 2. The van der Waals surface area contributed by atoms with Gasteiger partial charge in [-0.2, -0.15) is 0 Å². The Kier molecular flexibility index (Phi) is 5.96. The van der Waals surface area contributed by atoms with Crippen LogP contribution in [0.25, 0.3) is 10.8 Å². The van der Waals surface area contributed by atoms with Crippen LogP contribution in [0.5, 0.6) is 11.5 Å². The van der Waals surface area contributed by atoms with Gasteiger partial charge in [-0.15, -0.1) is 11.6 Å². The highest BCUT2D eigenvalue weighted by atomic mass is 35.5. The third kappa shape index (κ3) is 4.01. The predicted octanol–water partition coefficient (Wildman–Crippen LogP) is 6.78. The molecular formula is C27H25ClO2. The fourth-order valence-electron chi connectivity index (χ4n) is 4.17. The number of rotatable bonds is 7. The molecule has 3 heteroatoms. The summed E-state index contributed by atoms with van der Waals surface area (Å²) in [6.45, 7) is 0. The predicted molar refractivity (Wildman–Crippen MR) is 125 cm³/mol. The normalized spacial score (nSPS) is 11.4. The van der Waals surface area contributed by atoms with Gasteiger partial charge in [0.1, 0.15) is 11.5 Å². The summed E-state index contributed by atoms with van der Waals surface area (Å²) in [6, 6.07) is 30.9. The Balaban J connectivity index is 1.88. The Bertz CT molecular complexity index is 1100. The van der Waals surface area contributed by atoms with Crippen molar-refractivity contribution in [3.63, 3.8) is 0 Å². The van der Waals surface area contributed by atoms with E-state index < -0.39 is 4.87 Å². The van der Waals surface area contributed by atoms with Crippen LogP contribution >= 0.6 is 11.6 Å². The van der Waals surface area contributed by atoms with Crippen LogP contribution in [0, 0.1) is 0 Å². The standard InChI is InChI=1S/C27H25ClO2/c1-29-25-16-7-4-11-21(25)18-27(28,19-22-12-5-8-17-26(22)30-2)24-15-9-13-20-10-3-6-14-23(20)24/h3-17H,18-19H2,1-2H3. The maximum absolute atomic E-state index is 7.56. The van der Waals surface area contributed by atoms with E-state index in [1.807, 2.05) is 36.4 Å². The zero-order valence-corrected chi connectivity index (χ0v) is 18.0. The molecule has 0 atom stereocenters. The van der Waals surface area contributed by atoms with Crippen molar-refractivity contribution in [3.8, 4) is 11.5 Å². The van der Waals surface area contributed by atoms with E-state index in [1.165, 1.54) is 10.8 Å². The van der Waals surface area contributed by atoms with Gasteiger partial charge in [-0.1, -0.05) is 78.9 Å². The van der Waals surface area contributed by atoms with E-state index in [4.69, 9.17) is 21.1 Å². The van der Waals surface area contributed by atoms with Gasteiger partial charge in [0.05, 0.1) is 19.1 Å². The van der Waals surface area contributed by atoms with E-state index in [1.54, 1.807) is 14.2 Å². The molecule has 0 saturated carbocycles. The summed E-state index contributed by atoms with van der Waals surface area (Å²) in [5, 5.41) is 2.35. The molecule has 0 aliphatic heterocycles. The Hall–Kier alpha value is -2.97. The molecule has 0 bridgehead atoms. The Morgan fingerprint density at radius 1 is 0.633 bits per heavy atom. The minimum atomic E-state index is -0.676. The van der Waals surface area contributed by atoms with Gasteiger partial charge in [0.25, 0.3) is 0 Å². The van der Waals surface area contributed by atoms with Crippen LogP contribution in [0.3, 0.4) is 0 Å². The lowest BCUT2D eigenvalue weighted by Crippen LogP contribution is -2.26. The van der Waals surface area contributed by atoms with Crippen LogP contribution in [0.2, 0.25) is 0 Å². The molecule has 0 unspecified atom stereocenters. The lowest BCUT2D eigenvalue weighted by atomic mass is 9.83. The minimum absolute atomic E-state index is 0.630. The highest BCUT2D eigenvalue weighted by molar-refractivity contribution is 6.25. The maximum atomic E-state index is 7.56. The second kappa shape index (κ2) is 8.81. The first kappa shape index (κ1) is 20.3. The monoisotopic (exact) mass is 416 g/mol. The smallest absolute Gasteiger partial charge is 0.122 e. The maximum Gasteiger partial charge on any atom is 0.122 e. The fraction of sp³-hybridized carbons (Fsp3) is 0.185. The van der Waals surface area contributed by atoms with Crippen LogP contribution in [0.4, 0.5) is 0 Å². The molecule has 0 amide bonds. The van der Waals surface area contributed by atoms with Crippen LogP contribution in [-0.2, 0) is 17.7 Å². The molecule has 0 saturated heterocycles. The number of hydrogen-bond donors (Lipinski definition) is 0. The van der Waals surface area contributed by atoms with Crippen molar-refractivity contribution in [2.75, 3.05) is 14.2 Å². The van der Waals surface area contributed by atoms with E-state index in [-0.39, 0.29) is 0 Å². The van der Waals surface area contributed by atoms with Crippen molar-refractivity contribution < 1.29 is 9.47 Å². The van der Waals surface area contributed by atoms with Gasteiger partial charge in [-0.3, -0.25) is 0 Å². The molecule has 0 aliphatic carbocycles. The van der Waals surface area contributed by atoms with Gasteiger partial charge in [0, 0.05) is 0 Å². The van der Waals surface area contributed by atoms with Gasteiger partial charge in [0.2, 0.25) is 0 Å². The molecule has 4 aromatic rings. The number of methoxy groups -OCH3 is 2. The summed E-state index contributed by atoms with van der Waals surface area (Å²) in [5.74, 6) is 1.70. The summed E-state index contributed by atoms with van der Waals surface area (Å²) in [4.78, 5) is -0.676. The quantitative estimate of drug-likeness (QED) is 0.309. The Morgan fingerprint density at radius 3 is 1.73 bits per heavy atom. The number of halogens is 1. The molecule has 0 radical (unpaired) electrons. The van der Waals surface area contributed by atoms with Crippen LogP contribution in [-0.4, -0.2) is 14.2 Å². The number of ether oxygens (including phenoxy) is 2. The van der Waals surface area contributed by atoms with E-state index in [0.29, 0.717) is 12.8 Å². The average molecular weight is 417 g/mol. The minimum Gasteiger partial charge on any atom is -0.496 e. The van der Waals surface area contributed by atoms with Gasteiger partial charge in [0.15, 0.2) is 0 Å². The van der Waals surface area contributed by atoms with E-state index in [9.17, 15) is 0 Å². The molecule has 0 N–H and O–H groups in total. The van der Waals surface area contributed by atoms with Crippen LogP contribution in [0.1, 0.15) is 16.7 Å². The number of alkyl halides is 1. The third-order valence-electron chi connectivity index (χ3n) is 5.60. The summed E-state index contributed by atoms with van der Waals surface area (Å²) >= 11 is 7.56. The molecule has 2 nitrogen and oxygen atoms in total. The van der Waals surface area contributed by atoms with Crippen molar-refractivity contribution in [3.05, 3.63) is 108 Å². The highest BCUT2D eigenvalue weighted by Gasteiger charge is 2.33. The van der Waals surface area contributed by atoms with Gasteiger partial charge in [-0.05, 0) is 52.4 Å². The lowest BCUT2D eigenvalue weighted by Gasteiger charge is -2.30. The number of benzene rings is 4. The molecule has 4 rings (SSSR count). The van der Waals surface area contributed by atoms with Crippen molar-refractivity contribution in [1.82, 2.24) is 0 Å². The van der Waals surface area contributed by atoms with Gasteiger partial charge in [-0.25, -0.2) is 0 Å². The molecule has 0 aliphatic rings. The summed E-state index contributed by atoms with van der Waals surface area (Å²) in [6.07, 6.45) is 1.26. The van der Waals surface area contributed by atoms with Gasteiger partial charge >= 0.3 is 0 Å². The molecule has 30 heavy (non-hydrogen) atoms. The molecule has 4 aromatic carbocycles. The SMILES string of the molecule is COc1ccccc1CC(Cl)(Cc1ccccc1OC)c1cccc2ccccc12. The zero-order chi connectivity index (χ0) is 21.0. The topological polar surface area (TPSA) is 18.5 Å². The summed E-state index contributed by atoms with van der Waals surface area (Å²) in [5.41, 5.74) is 3.27. The zero-order valence-electron chi connectivity index (χ0n) is 17.3. The largest absolute Gasteiger partial charge is 0.496 e. The second-order valence-corrected chi connectivity index (χ2v) is 8.19. The first-order valence-electron chi connectivity index (χ1n) is 10.1. The van der Waals surface area contributed by atoms with Crippen molar-refractivity contribution >= 4 is 22.4 Å². The first-order chi connectivity index (χ1) is 14.6. The molecule has 0 aromatic heterocycles. The summed E-state index contributed by atoms with van der Waals surface area (Å²) < 4.78 is 11.3. The molecular weight excluding hydrogens is 392 g/mol. The highest BCUT2D eigenvalue weighted by Crippen LogP contribution is 2.43. The number of fused-ring (bicyclic) bond motifs is 1. The molecule has 0 heterocycles. The Labute approximate surface area is 183 Å². The van der Waals surface area contributed by atoms with Crippen molar-refractivity contribution in [1.29, 1.82) is 0 Å². The summed E-state index contributed by atoms with van der Waals surface area (Å²) in [7, 11) is 3.40. The van der Waals surface area contributed by atoms with E-state index in [2.05, 4.69) is 54.6 Å². The molecule has 0 fully saturated rings. The van der Waals surface area contributed by atoms with Crippen molar-refractivity contribution in [2.24, 2.45) is 0 Å². The second-order valence-electron chi connectivity index (χ2n) is 7.47. The average Bonchev–Trinajstić information content (AvgIpc) is 2.79. The van der Waals surface area contributed by atoms with Crippen LogP contribution in [0.15, 0.2) is 91.0 Å². The van der Waals surface area contributed by atoms with Crippen molar-refractivity contribution in [2.45, 2.75) is 17.7 Å². The van der Waals surface area contributed by atoms with Crippen LogP contribution < -0.4 is 9.47 Å². The van der Waals surface area contributed by atoms with E-state index >= 15 is 0 Å². The molecule has 152 valence electrons. The fourth-order valence-corrected chi connectivity index (χ4v) is 4.62. The van der Waals surface area contributed by atoms with E-state index in [0.717, 1.165) is 28.2 Å². The number of para-hydroxylation sites is 2. The lowest BCUT2D eigenvalue weighted by molar-refractivity contribution is 0.401. The third-order valence-corrected chi connectivity index (χ3v) is 6.07. The first-order valence-corrected chi connectivity index (χ1v) is 10.4. The van der Waals surface area contributed by atoms with Gasteiger partial charge < -0.3 is 9.47 Å².